The molecule has 0 radical (unpaired) electrons. The molecule has 1 aromatic carbocycles. The van der Waals surface area contributed by atoms with Crippen molar-refractivity contribution < 1.29 is 18.3 Å². The average Bonchev–Trinajstić information content (AvgIpc) is 2.56. The number of halogens is 2. The van der Waals surface area contributed by atoms with E-state index in [-0.39, 0.29) is 20.7 Å². The number of fused-ring (bicyclic) bond motifs is 1. The van der Waals surface area contributed by atoms with Crippen molar-refractivity contribution in [2.45, 2.75) is 0 Å². The van der Waals surface area contributed by atoms with Crippen molar-refractivity contribution in [1.29, 1.82) is 0 Å². The quantitative estimate of drug-likeness (QED) is 0.783. The fourth-order valence-corrected chi connectivity index (χ4v) is 2.41. The molecule has 84 valence electrons. The number of ether oxygens (including phenoxy) is 1. The Morgan fingerprint density at radius 2 is 2.12 bits per heavy atom. The largest absolute Gasteiger partial charge is 0.465 e. The molecule has 0 aliphatic heterocycles. The van der Waals surface area contributed by atoms with Gasteiger partial charge >= 0.3 is 5.97 Å². The van der Waals surface area contributed by atoms with Gasteiger partial charge in [-0.1, -0.05) is 0 Å². The smallest absolute Gasteiger partial charge is 0.350 e. The molecule has 0 amide bonds. The minimum Gasteiger partial charge on any atom is -0.465 e. The monoisotopic (exact) mass is 243 g/mol. The number of nitrogen functional groups attached to an aromatic ring is 1. The van der Waals surface area contributed by atoms with Crippen LogP contribution in [0.1, 0.15) is 9.67 Å². The van der Waals surface area contributed by atoms with Gasteiger partial charge in [0.1, 0.15) is 16.5 Å². The molecule has 2 aromatic rings. The number of thiophene rings is 1. The van der Waals surface area contributed by atoms with Crippen LogP contribution in [-0.4, -0.2) is 13.1 Å². The predicted molar refractivity (Wildman–Crippen MR) is 57.5 cm³/mol. The van der Waals surface area contributed by atoms with Crippen LogP contribution in [0.25, 0.3) is 10.1 Å². The standard InChI is InChI=1S/C10H7F2NO2S/c1-15-10(14)9-7(13)5-2-4(11)3-6(12)8(5)16-9/h2-3H,13H2,1H3. The summed E-state index contributed by atoms with van der Waals surface area (Å²) in [5.74, 6) is -2.12. The number of esters is 1. The lowest BCUT2D eigenvalue weighted by atomic mass is 10.2. The summed E-state index contributed by atoms with van der Waals surface area (Å²) in [6.45, 7) is 0. The number of carbonyl (C=O) groups excluding carboxylic acids is 1. The number of hydrogen-bond acceptors (Lipinski definition) is 4. The topological polar surface area (TPSA) is 52.3 Å². The van der Waals surface area contributed by atoms with Crippen molar-refractivity contribution in [2.24, 2.45) is 0 Å². The molecule has 0 unspecified atom stereocenters. The zero-order valence-electron chi connectivity index (χ0n) is 8.21. The van der Waals surface area contributed by atoms with Gasteiger partial charge in [-0.25, -0.2) is 13.6 Å². The maximum atomic E-state index is 13.4. The first-order valence-electron chi connectivity index (χ1n) is 4.30. The summed E-state index contributed by atoms with van der Waals surface area (Å²) in [6.07, 6.45) is 0. The molecular weight excluding hydrogens is 236 g/mol. The number of rotatable bonds is 1. The lowest BCUT2D eigenvalue weighted by Gasteiger charge is -1.96. The number of benzene rings is 1. The molecule has 0 aliphatic carbocycles. The highest BCUT2D eigenvalue weighted by atomic mass is 32.1. The van der Waals surface area contributed by atoms with Gasteiger partial charge in [-0.05, 0) is 6.07 Å². The molecule has 0 bridgehead atoms. The second-order valence-electron chi connectivity index (χ2n) is 3.10. The molecule has 0 saturated carbocycles. The highest BCUT2D eigenvalue weighted by molar-refractivity contribution is 7.21. The SMILES string of the molecule is COC(=O)c1sc2c(F)cc(F)cc2c1N. The van der Waals surface area contributed by atoms with Crippen molar-refractivity contribution in [2.75, 3.05) is 12.8 Å². The van der Waals surface area contributed by atoms with Crippen LogP contribution in [0.2, 0.25) is 0 Å². The lowest BCUT2D eigenvalue weighted by molar-refractivity contribution is 0.0607. The molecule has 0 fully saturated rings. The van der Waals surface area contributed by atoms with Crippen molar-refractivity contribution >= 4 is 33.1 Å². The molecule has 0 saturated heterocycles. The number of nitrogens with two attached hydrogens (primary N) is 1. The summed E-state index contributed by atoms with van der Waals surface area (Å²) in [4.78, 5) is 11.4. The molecule has 0 aliphatic rings. The number of carbonyl (C=O) groups is 1. The van der Waals surface area contributed by atoms with Crippen molar-refractivity contribution in [3.05, 3.63) is 28.6 Å². The van der Waals surface area contributed by atoms with Crippen LogP contribution in [0.4, 0.5) is 14.5 Å². The third kappa shape index (κ3) is 1.51. The van der Waals surface area contributed by atoms with Crippen LogP contribution < -0.4 is 5.73 Å². The molecule has 2 N–H and O–H groups in total. The van der Waals surface area contributed by atoms with Crippen LogP contribution in [0.15, 0.2) is 12.1 Å². The summed E-state index contributed by atoms with van der Waals surface area (Å²) < 4.78 is 31.0. The first-order valence-corrected chi connectivity index (χ1v) is 5.11. The van der Waals surface area contributed by atoms with E-state index < -0.39 is 17.6 Å². The number of hydrogen-bond donors (Lipinski definition) is 1. The summed E-state index contributed by atoms with van der Waals surface area (Å²) >= 11 is 0.851. The van der Waals surface area contributed by atoms with E-state index in [0.29, 0.717) is 0 Å². The van der Waals surface area contributed by atoms with Gasteiger partial charge in [0, 0.05) is 11.5 Å². The Morgan fingerprint density at radius 3 is 2.75 bits per heavy atom. The second-order valence-corrected chi connectivity index (χ2v) is 4.12. The minimum atomic E-state index is -0.734. The summed E-state index contributed by atoms with van der Waals surface area (Å²) in [5, 5.41) is 0.197. The average molecular weight is 243 g/mol. The van der Waals surface area contributed by atoms with Crippen molar-refractivity contribution in [3.8, 4) is 0 Å². The summed E-state index contributed by atoms with van der Waals surface area (Å²) in [5.41, 5.74) is 5.68. The maximum Gasteiger partial charge on any atom is 0.350 e. The molecule has 3 nitrogen and oxygen atoms in total. The first kappa shape index (κ1) is 10.8. The number of anilines is 1. The van der Waals surface area contributed by atoms with Gasteiger partial charge in [0.25, 0.3) is 0 Å². The second kappa shape index (κ2) is 3.71. The third-order valence-electron chi connectivity index (χ3n) is 2.12. The molecule has 1 heterocycles. The molecular formula is C10H7F2NO2S. The van der Waals surface area contributed by atoms with E-state index in [9.17, 15) is 13.6 Å². The number of methoxy groups -OCH3 is 1. The summed E-state index contributed by atoms with van der Waals surface area (Å²) in [7, 11) is 1.20. The zero-order valence-corrected chi connectivity index (χ0v) is 9.03. The Morgan fingerprint density at radius 1 is 1.44 bits per heavy atom. The molecule has 1 aromatic heterocycles. The Hall–Kier alpha value is -1.69. The van der Waals surface area contributed by atoms with Crippen LogP contribution in [0.5, 0.6) is 0 Å². The Kier molecular flexibility index (Phi) is 2.51. The van der Waals surface area contributed by atoms with Gasteiger partial charge in [0.2, 0.25) is 0 Å². The van der Waals surface area contributed by atoms with E-state index in [0.717, 1.165) is 23.5 Å². The zero-order chi connectivity index (χ0) is 11.9. The Balaban J connectivity index is 2.77. The van der Waals surface area contributed by atoms with E-state index in [2.05, 4.69) is 4.74 Å². The molecule has 16 heavy (non-hydrogen) atoms. The van der Waals surface area contributed by atoms with E-state index in [1.807, 2.05) is 0 Å². The fourth-order valence-electron chi connectivity index (χ4n) is 1.39. The van der Waals surface area contributed by atoms with Gasteiger partial charge in [0.05, 0.1) is 17.5 Å². The van der Waals surface area contributed by atoms with Gasteiger partial charge in [0.15, 0.2) is 0 Å². The normalized spacial score (nSPS) is 10.7. The minimum absolute atomic E-state index is 0.0465. The van der Waals surface area contributed by atoms with Crippen molar-refractivity contribution in [3.63, 3.8) is 0 Å². The van der Waals surface area contributed by atoms with E-state index in [1.165, 1.54) is 7.11 Å². The van der Waals surface area contributed by atoms with Gasteiger partial charge < -0.3 is 10.5 Å². The summed E-state index contributed by atoms with van der Waals surface area (Å²) in [6, 6.07) is 1.84. The lowest BCUT2D eigenvalue weighted by Crippen LogP contribution is -2.01. The fraction of sp³-hybridized carbons (Fsp3) is 0.100. The van der Waals surface area contributed by atoms with Gasteiger partial charge in [-0.2, -0.15) is 0 Å². The van der Waals surface area contributed by atoms with Crippen LogP contribution in [0, 0.1) is 11.6 Å². The van der Waals surface area contributed by atoms with E-state index >= 15 is 0 Å². The van der Waals surface area contributed by atoms with Gasteiger partial charge in [-0.3, -0.25) is 0 Å². The molecule has 6 heteroatoms. The molecule has 0 spiro atoms. The van der Waals surface area contributed by atoms with Crippen molar-refractivity contribution in [1.82, 2.24) is 0 Å². The highest BCUT2D eigenvalue weighted by Crippen LogP contribution is 2.36. The first-order chi connectivity index (χ1) is 7.54. The van der Waals surface area contributed by atoms with E-state index in [4.69, 9.17) is 5.73 Å². The van der Waals surface area contributed by atoms with Gasteiger partial charge in [-0.15, -0.1) is 11.3 Å². The predicted octanol–water partition coefficient (Wildman–Crippen LogP) is 2.55. The van der Waals surface area contributed by atoms with Crippen LogP contribution in [-0.2, 0) is 4.74 Å². The highest BCUT2D eigenvalue weighted by Gasteiger charge is 2.19. The third-order valence-corrected chi connectivity index (χ3v) is 3.33. The van der Waals surface area contributed by atoms with Crippen LogP contribution in [0.3, 0.4) is 0 Å². The maximum absolute atomic E-state index is 13.4. The Labute approximate surface area is 93.4 Å². The molecule has 2 rings (SSSR count). The van der Waals surface area contributed by atoms with E-state index in [1.54, 1.807) is 0 Å². The van der Waals surface area contributed by atoms with Crippen LogP contribution >= 0.6 is 11.3 Å². The Bertz CT molecular complexity index is 580. The molecule has 0 atom stereocenters.